The van der Waals surface area contributed by atoms with E-state index in [4.69, 9.17) is 0 Å². The summed E-state index contributed by atoms with van der Waals surface area (Å²) in [5.41, 5.74) is 0. The lowest BCUT2D eigenvalue weighted by molar-refractivity contribution is -0.112. The maximum absolute atomic E-state index is 11.0. The van der Waals surface area contributed by atoms with E-state index in [-0.39, 0.29) is 0 Å². The monoisotopic (exact) mass is 509 g/mol. The van der Waals surface area contributed by atoms with E-state index in [0.29, 0.717) is 11.8 Å². The maximum Gasteiger partial charge on any atom is 0.123 e. The molecular weight excluding hydrogens is 440 g/mol. The van der Waals surface area contributed by atoms with Gasteiger partial charge in [-0.2, -0.15) is 0 Å². The fourth-order valence-corrected chi connectivity index (χ4v) is 4.95. The number of hydrogen-bond donors (Lipinski definition) is 0. The molecule has 2 heteroatoms. The quantitative estimate of drug-likeness (QED) is 0.0777. The first kappa shape index (κ1) is 37.5. The van der Waals surface area contributed by atoms with Crippen molar-refractivity contribution in [2.75, 3.05) is 0 Å². The van der Waals surface area contributed by atoms with Crippen LogP contribution >= 0.6 is 0 Å². The summed E-state index contributed by atoms with van der Waals surface area (Å²) in [5.74, 6) is 0.690. The Balaban J connectivity index is 0. The van der Waals surface area contributed by atoms with Gasteiger partial charge in [-0.3, -0.25) is 0 Å². The van der Waals surface area contributed by atoms with E-state index in [0.717, 1.165) is 25.7 Å². The lowest BCUT2D eigenvalue weighted by atomic mass is 9.95. The molecule has 0 amide bonds. The SMILES string of the molecule is CCCCCCCCC(C=O)CCCCCCC.CCCCCCCCCC(C=O)CCCCCC. The Morgan fingerprint density at radius 1 is 0.333 bits per heavy atom. The van der Waals surface area contributed by atoms with Crippen LogP contribution in [0.1, 0.15) is 195 Å². The molecule has 0 aliphatic carbocycles. The predicted molar refractivity (Wildman–Crippen MR) is 162 cm³/mol. The van der Waals surface area contributed by atoms with Gasteiger partial charge in [-0.25, -0.2) is 0 Å². The van der Waals surface area contributed by atoms with Crippen molar-refractivity contribution in [3.8, 4) is 0 Å². The first-order chi connectivity index (χ1) is 17.7. The zero-order chi connectivity index (χ0) is 27.0. The molecular formula is C34H68O2. The van der Waals surface area contributed by atoms with Crippen molar-refractivity contribution in [3.63, 3.8) is 0 Å². The summed E-state index contributed by atoms with van der Waals surface area (Å²) in [5, 5.41) is 0. The number of unbranched alkanes of at least 4 members (excludes halogenated alkanes) is 18. The number of carbonyl (C=O) groups is 2. The smallest absolute Gasteiger partial charge is 0.123 e. The second-order valence-corrected chi connectivity index (χ2v) is 11.3. The van der Waals surface area contributed by atoms with Crippen LogP contribution in [0.15, 0.2) is 0 Å². The molecule has 0 N–H and O–H groups in total. The van der Waals surface area contributed by atoms with Crippen LogP contribution in [0.4, 0.5) is 0 Å². The highest BCUT2D eigenvalue weighted by Gasteiger charge is 2.07. The molecule has 2 nitrogen and oxygen atoms in total. The third-order valence-corrected chi connectivity index (χ3v) is 7.60. The Morgan fingerprint density at radius 2 is 0.528 bits per heavy atom. The maximum atomic E-state index is 11.0. The van der Waals surface area contributed by atoms with Crippen LogP contribution in [0.25, 0.3) is 0 Å². The molecule has 0 saturated heterocycles. The minimum atomic E-state index is 0.345. The standard InChI is InChI=1S/2C17H34O/c1-3-5-7-9-10-11-13-15-17(16-18)14-12-8-6-4-2;1-3-5-7-9-11-13-15-17(16-18)14-12-10-8-6-4-2/h2*16-17H,3-15H2,1-2H3. The van der Waals surface area contributed by atoms with Gasteiger partial charge >= 0.3 is 0 Å². The van der Waals surface area contributed by atoms with E-state index in [2.05, 4.69) is 27.7 Å². The van der Waals surface area contributed by atoms with Gasteiger partial charge in [0.05, 0.1) is 0 Å². The fraction of sp³-hybridized carbons (Fsp3) is 0.941. The van der Waals surface area contributed by atoms with Gasteiger partial charge < -0.3 is 9.59 Å². The van der Waals surface area contributed by atoms with Crippen molar-refractivity contribution in [2.45, 2.75) is 195 Å². The van der Waals surface area contributed by atoms with Crippen molar-refractivity contribution >= 4 is 12.6 Å². The largest absolute Gasteiger partial charge is 0.303 e. The first-order valence-corrected chi connectivity index (χ1v) is 16.6. The fourth-order valence-electron chi connectivity index (χ4n) is 4.95. The summed E-state index contributed by atoms with van der Waals surface area (Å²) in [6.45, 7) is 8.98. The zero-order valence-electron chi connectivity index (χ0n) is 25.5. The minimum Gasteiger partial charge on any atom is -0.303 e. The molecule has 2 unspecified atom stereocenters. The number of aldehydes is 2. The summed E-state index contributed by atoms with van der Waals surface area (Å²) < 4.78 is 0. The molecule has 0 fully saturated rings. The molecule has 0 aromatic heterocycles. The molecule has 0 radical (unpaired) electrons. The van der Waals surface area contributed by atoms with Gasteiger partial charge in [0.2, 0.25) is 0 Å². The first-order valence-electron chi connectivity index (χ1n) is 16.6. The number of carbonyl (C=O) groups excluding carboxylic acids is 2. The lowest BCUT2D eigenvalue weighted by Gasteiger charge is -2.09. The predicted octanol–water partition coefficient (Wildman–Crippen LogP) is 11.8. The van der Waals surface area contributed by atoms with Crippen LogP contribution in [0.3, 0.4) is 0 Å². The molecule has 0 aliphatic heterocycles. The van der Waals surface area contributed by atoms with E-state index in [9.17, 15) is 9.59 Å². The molecule has 0 saturated carbocycles. The lowest BCUT2D eigenvalue weighted by Crippen LogP contribution is -2.02. The molecule has 0 bridgehead atoms. The van der Waals surface area contributed by atoms with Gasteiger partial charge in [-0.15, -0.1) is 0 Å². The zero-order valence-corrected chi connectivity index (χ0v) is 25.5. The highest BCUT2D eigenvalue weighted by Crippen LogP contribution is 2.18. The Labute approximate surface area is 228 Å². The van der Waals surface area contributed by atoms with Crippen molar-refractivity contribution in [2.24, 2.45) is 11.8 Å². The van der Waals surface area contributed by atoms with Crippen LogP contribution in [0.2, 0.25) is 0 Å². The molecule has 0 spiro atoms. The average Bonchev–Trinajstić information content (AvgIpc) is 2.90. The van der Waals surface area contributed by atoms with Crippen molar-refractivity contribution in [1.29, 1.82) is 0 Å². The van der Waals surface area contributed by atoms with Crippen LogP contribution in [-0.2, 0) is 9.59 Å². The third-order valence-electron chi connectivity index (χ3n) is 7.60. The van der Waals surface area contributed by atoms with Crippen molar-refractivity contribution in [3.05, 3.63) is 0 Å². The van der Waals surface area contributed by atoms with Crippen molar-refractivity contribution < 1.29 is 9.59 Å². The van der Waals surface area contributed by atoms with E-state index in [1.54, 1.807) is 0 Å². The normalized spacial score (nSPS) is 12.6. The van der Waals surface area contributed by atoms with Gasteiger partial charge in [0, 0.05) is 11.8 Å². The molecule has 36 heavy (non-hydrogen) atoms. The van der Waals surface area contributed by atoms with Gasteiger partial charge in [-0.1, -0.05) is 169 Å². The molecule has 0 aromatic carbocycles. The Bertz CT molecular complexity index is 406. The Kier molecular flexibility index (Phi) is 35.8. The van der Waals surface area contributed by atoms with Gasteiger partial charge in [-0.05, 0) is 25.7 Å². The van der Waals surface area contributed by atoms with Crippen LogP contribution in [0, 0.1) is 11.8 Å². The van der Waals surface area contributed by atoms with E-state index in [1.165, 1.54) is 154 Å². The van der Waals surface area contributed by atoms with Gasteiger partial charge in [0.25, 0.3) is 0 Å². The summed E-state index contributed by atoms with van der Waals surface area (Å²) in [4.78, 5) is 22.0. The summed E-state index contributed by atoms with van der Waals surface area (Å²) >= 11 is 0. The summed E-state index contributed by atoms with van der Waals surface area (Å²) in [6, 6.07) is 0. The van der Waals surface area contributed by atoms with Gasteiger partial charge in [0.15, 0.2) is 0 Å². The van der Waals surface area contributed by atoms with Crippen LogP contribution < -0.4 is 0 Å². The number of rotatable bonds is 28. The average molecular weight is 509 g/mol. The third kappa shape index (κ3) is 31.4. The second-order valence-electron chi connectivity index (χ2n) is 11.3. The topological polar surface area (TPSA) is 34.1 Å². The summed E-state index contributed by atoms with van der Waals surface area (Å²) in [6.07, 6.45) is 36.0. The van der Waals surface area contributed by atoms with Crippen molar-refractivity contribution in [1.82, 2.24) is 0 Å². The molecule has 0 rings (SSSR count). The minimum absolute atomic E-state index is 0.345. The molecule has 0 heterocycles. The highest BCUT2D eigenvalue weighted by atomic mass is 16.1. The van der Waals surface area contributed by atoms with E-state index >= 15 is 0 Å². The molecule has 2 atom stereocenters. The molecule has 216 valence electrons. The number of hydrogen-bond acceptors (Lipinski definition) is 2. The Hall–Kier alpha value is -0.660. The van der Waals surface area contributed by atoms with E-state index < -0.39 is 0 Å². The van der Waals surface area contributed by atoms with Crippen LogP contribution in [0.5, 0.6) is 0 Å². The summed E-state index contributed by atoms with van der Waals surface area (Å²) in [7, 11) is 0. The second kappa shape index (κ2) is 34.3. The highest BCUT2D eigenvalue weighted by molar-refractivity contribution is 5.53. The molecule has 0 aromatic rings. The van der Waals surface area contributed by atoms with Gasteiger partial charge in [0.1, 0.15) is 12.6 Å². The molecule has 0 aliphatic rings. The van der Waals surface area contributed by atoms with E-state index in [1.807, 2.05) is 0 Å². The van der Waals surface area contributed by atoms with Crippen LogP contribution in [-0.4, -0.2) is 12.6 Å². The Morgan fingerprint density at radius 3 is 0.750 bits per heavy atom.